The molecule has 0 spiro atoms. The third-order valence-corrected chi connectivity index (χ3v) is 3.03. The number of rotatable bonds is 3. The van der Waals surface area contributed by atoms with Crippen LogP contribution in [0.5, 0.6) is 5.75 Å². The quantitative estimate of drug-likeness (QED) is 0.910. The van der Waals surface area contributed by atoms with Gasteiger partial charge in [-0.1, -0.05) is 24.3 Å². The van der Waals surface area contributed by atoms with Crippen LogP contribution in [-0.2, 0) is 4.74 Å². The SMILES string of the molecule is COC(=O)Nc1cccc(-c2c(C)cccc2OC(N)=O)c1. The number of benzene rings is 2. The summed E-state index contributed by atoms with van der Waals surface area (Å²) in [6.45, 7) is 1.89. The Balaban J connectivity index is 2.45. The first-order chi connectivity index (χ1) is 10.5. The molecule has 114 valence electrons. The molecule has 0 aliphatic rings. The standard InChI is InChI=1S/C16H16N2O4/c1-10-5-3-8-13(22-15(17)19)14(10)11-6-4-7-12(9-11)18-16(20)21-2/h3-9H,1-2H3,(H2,17,19)(H,18,20). The number of methoxy groups -OCH3 is 1. The Morgan fingerprint density at radius 2 is 1.86 bits per heavy atom. The molecule has 0 aliphatic carbocycles. The maximum Gasteiger partial charge on any atom is 0.411 e. The van der Waals surface area contributed by atoms with Crippen molar-refractivity contribution in [1.82, 2.24) is 0 Å². The van der Waals surface area contributed by atoms with Crippen LogP contribution in [0.25, 0.3) is 11.1 Å². The van der Waals surface area contributed by atoms with E-state index in [2.05, 4.69) is 10.1 Å². The Morgan fingerprint density at radius 3 is 2.55 bits per heavy atom. The Bertz CT molecular complexity index is 713. The maximum atomic E-state index is 11.3. The molecule has 2 aromatic rings. The normalized spacial score (nSPS) is 9.91. The van der Waals surface area contributed by atoms with Crippen molar-refractivity contribution < 1.29 is 19.1 Å². The predicted molar refractivity (Wildman–Crippen MR) is 82.9 cm³/mol. The molecule has 22 heavy (non-hydrogen) atoms. The van der Waals surface area contributed by atoms with Gasteiger partial charge in [-0.15, -0.1) is 0 Å². The van der Waals surface area contributed by atoms with Gasteiger partial charge in [0.25, 0.3) is 0 Å². The van der Waals surface area contributed by atoms with Crippen LogP contribution in [0.15, 0.2) is 42.5 Å². The number of nitrogens with one attached hydrogen (secondary N) is 1. The number of ether oxygens (including phenoxy) is 2. The van der Waals surface area contributed by atoms with Gasteiger partial charge in [0.2, 0.25) is 0 Å². The van der Waals surface area contributed by atoms with Gasteiger partial charge < -0.3 is 15.2 Å². The van der Waals surface area contributed by atoms with Crippen molar-refractivity contribution >= 4 is 17.9 Å². The fourth-order valence-electron chi connectivity index (χ4n) is 2.13. The number of anilines is 1. The summed E-state index contributed by atoms with van der Waals surface area (Å²) in [6, 6.07) is 12.4. The molecule has 6 heteroatoms. The number of amides is 2. The Hall–Kier alpha value is -3.02. The van der Waals surface area contributed by atoms with Gasteiger partial charge in [-0.3, -0.25) is 5.32 Å². The minimum Gasteiger partial charge on any atom is -0.453 e. The first kappa shape index (κ1) is 15.4. The zero-order valence-corrected chi connectivity index (χ0v) is 12.3. The van der Waals surface area contributed by atoms with E-state index >= 15 is 0 Å². The van der Waals surface area contributed by atoms with Crippen LogP contribution in [0.3, 0.4) is 0 Å². The second kappa shape index (κ2) is 6.62. The van der Waals surface area contributed by atoms with Crippen molar-refractivity contribution in [1.29, 1.82) is 0 Å². The molecule has 0 unspecified atom stereocenters. The van der Waals surface area contributed by atoms with Gasteiger partial charge >= 0.3 is 12.2 Å². The van der Waals surface area contributed by atoms with Crippen molar-refractivity contribution in [2.24, 2.45) is 5.73 Å². The highest BCUT2D eigenvalue weighted by molar-refractivity contribution is 5.87. The van der Waals surface area contributed by atoms with E-state index in [0.29, 0.717) is 11.4 Å². The largest absolute Gasteiger partial charge is 0.453 e. The molecule has 3 N–H and O–H groups in total. The van der Waals surface area contributed by atoms with E-state index in [9.17, 15) is 9.59 Å². The summed E-state index contributed by atoms with van der Waals surface area (Å²) in [5.74, 6) is 0.364. The predicted octanol–water partition coefficient (Wildman–Crippen LogP) is 3.30. The topological polar surface area (TPSA) is 90.7 Å². The fraction of sp³-hybridized carbons (Fsp3) is 0.125. The van der Waals surface area contributed by atoms with Crippen molar-refractivity contribution in [3.8, 4) is 16.9 Å². The average molecular weight is 300 g/mol. The summed E-state index contributed by atoms with van der Waals surface area (Å²) in [5.41, 5.74) is 8.09. The molecular weight excluding hydrogens is 284 g/mol. The summed E-state index contributed by atoms with van der Waals surface area (Å²) >= 11 is 0. The minimum atomic E-state index is -0.879. The molecule has 0 atom stereocenters. The molecule has 0 aromatic heterocycles. The Kier molecular flexibility index (Phi) is 4.63. The van der Waals surface area contributed by atoms with Gasteiger partial charge in [0, 0.05) is 11.3 Å². The van der Waals surface area contributed by atoms with Gasteiger partial charge in [0.05, 0.1) is 7.11 Å². The van der Waals surface area contributed by atoms with Crippen LogP contribution >= 0.6 is 0 Å². The number of nitrogens with two attached hydrogens (primary N) is 1. The van der Waals surface area contributed by atoms with E-state index in [1.54, 1.807) is 30.3 Å². The lowest BCUT2D eigenvalue weighted by Gasteiger charge is -2.13. The molecule has 2 amide bonds. The average Bonchev–Trinajstić information content (AvgIpc) is 2.47. The zero-order chi connectivity index (χ0) is 16.1. The van der Waals surface area contributed by atoms with Crippen LogP contribution < -0.4 is 15.8 Å². The third-order valence-electron chi connectivity index (χ3n) is 3.03. The molecule has 0 fully saturated rings. The summed E-state index contributed by atoms with van der Waals surface area (Å²) < 4.78 is 9.61. The van der Waals surface area contributed by atoms with Crippen molar-refractivity contribution in [2.45, 2.75) is 6.92 Å². The number of hydrogen-bond donors (Lipinski definition) is 2. The number of carbonyl (C=O) groups is 2. The van der Waals surface area contributed by atoms with Crippen molar-refractivity contribution in [2.75, 3.05) is 12.4 Å². The second-order valence-corrected chi connectivity index (χ2v) is 4.57. The van der Waals surface area contributed by atoms with Crippen LogP contribution in [0.4, 0.5) is 15.3 Å². The van der Waals surface area contributed by atoms with E-state index in [4.69, 9.17) is 10.5 Å². The molecule has 0 saturated heterocycles. The van der Waals surface area contributed by atoms with E-state index in [1.165, 1.54) is 7.11 Å². The molecule has 2 aromatic carbocycles. The van der Waals surface area contributed by atoms with Crippen molar-refractivity contribution in [3.05, 3.63) is 48.0 Å². The number of aryl methyl sites for hydroxylation is 1. The monoisotopic (exact) mass is 300 g/mol. The third kappa shape index (κ3) is 3.54. The summed E-state index contributed by atoms with van der Waals surface area (Å²) in [4.78, 5) is 22.3. The highest BCUT2D eigenvalue weighted by Gasteiger charge is 2.12. The molecule has 0 aliphatic heterocycles. The van der Waals surface area contributed by atoms with Gasteiger partial charge in [-0.2, -0.15) is 0 Å². The summed E-state index contributed by atoms with van der Waals surface area (Å²) in [6.07, 6.45) is -1.44. The van der Waals surface area contributed by atoms with Gasteiger partial charge in [0.1, 0.15) is 5.75 Å². The number of carbonyl (C=O) groups excluding carboxylic acids is 2. The number of hydrogen-bond acceptors (Lipinski definition) is 4. The van der Waals surface area contributed by atoms with Gasteiger partial charge in [-0.05, 0) is 36.2 Å². The highest BCUT2D eigenvalue weighted by Crippen LogP contribution is 2.34. The first-order valence-corrected chi connectivity index (χ1v) is 6.53. The van der Waals surface area contributed by atoms with Gasteiger partial charge in [-0.25, -0.2) is 9.59 Å². The molecule has 2 rings (SSSR count). The van der Waals surface area contributed by atoms with E-state index in [-0.39, 0.29) is 0 Å². The van der Waals surface area contributed by atoms with E-state index < -0.39 is 12.2 Å². The molecule has 0 bridgehead atoms. The van der Waals surface area contributed by atoms with Crippen LogP contribution in [0, 0.1) is 6.92 Å². The minimum absolute atomic E-state index is 0.364. The molecule has 0 saturated carbocycles. The first-order valence-electron chi connectivity index (χ1n) is 6.53. The molecule has 6 nitrogen and oxygen atoms in total. The lowest BCUT2D eigenvalue weighted by molar-refractivity contribution is 0.187. The van der Waals surface area contributed by atoms with Crippen LogP contribution in [-0.4, -0.2) is 19.3 Å². The molecule has 0 heterocycles. The zero-order valence-electron chi connectivity index (χ0n) is 12.3. The summed E-state index contributed by atoms with van der Waals surface area (Å²) in [7, 11) is 1.29. The van der Waals surface area contributed by atoms with Crippen molar-refractivity contribution in [3.63, 3.8) is 0 Å². The fourth-order valence-corrected chi connectivity index (χ4v) is 2.13. The molecular formula is C16H16N2O4. The highest BCUT2D eigenvalue weighted by atomic mass is 16.5. The summed E-state index contributed by atoms with van der Waals surface area (Å²) in [5, 5.41) is 2.59. The molecule has 0 radical (unpaired) electrons. The van der Waals surface area contributed by atoms with E-state index in [0.717, 1.165) is 16.7 Å². The Labute approximate surface area is 127 Å². The second-order valence-electron chi connectivity index (χ2n) is 4.57. The van der Waals surface area contributed by atoms with Gasteiger partial charge in [0.15, 0.2) is 0 Å². The van der Waals surface area contributed by atoms with Crippen LogP contribution in [0.2, 0.25) is 0 Å². The van der Waals surface area contributed by atoms with E-state index in [1.807, 2.05) is 19.1 Å². The maximum absolute atomic E-state index is 11.3. The Morgan fingerprint density at radius 1 is 1.14 bits per heavy atom. The lowest BCUT2D eigenvalue weighted by atomic mass is 9.99. The smallest absolute Gasteiger partial charge is 0.411 e. The lowest BCUT2D eigenvalue weighted by Crippen LogP contribution is -2.16. The number of primary amides is 1. The van der Waals surface area contributed by atoms with Crippen LogP contribution in [0.1, 0.15) is 5.56 Å².